The first-order chi connectivity index (χ1) is 14.5. The van der Waals surface area contributed by atoms with Gasteiger partial charge in [0, 0.05) is 11.9 Å². The summed E-state index contributed by atoms with van der Waals surface area (Å²) in [6.45, 7) is 8.83. The summed E-state index contributed by atoms with van der Waals surface area (Å²) in [6.07, 6.45) is 20.6. The lowest BCUT2D eigenvalue weighted by Crippen LogP contribution is -2.39. The van der Waals surface area contributed by atoms with Crippen molar-refractivity contribution in [3.8, 4) is 0 Å². The number of esters is 1. The summed E-state index contributed by atoms with van der Waals surface area (Å²) < 4.78 is 11.9. The average Bonchev–Trinajstić information content (AvgIpc) is 2.72. The first kappa shape index (κ1) is 29.9. The zero-order valence-corrected chi connectivity index (χ0v) is 22.2. The lowest BCUT2D eigenvalue weighted by Gasteiger charge is -2.27. The Balaban J connectivity index is 4.38. The Labute approximate surface area is 196 Å². The minimum Gasteiger partial charge on any atom is -0.460 e. The summed E-state index contributed by atoms with van der Waals surface area (Å²) in [7, 11) is 0. The third-order valence-electron chi connectivity index (χ3n) is 5.77. The van der Waals surface area contributed by atoms with Gasteiger partial charge in [0.15, 0.2) is 5.60 Å². The molecule has 0 saturated carbocycles. The van der Waals surface area contributed by atoms with Crippen LogP contribution in [0, 0.1) is 0 Å². The van der Waals surface area contributed by atoms with Gasteiger partial charge >= 0.3 is 5.97 Å². The van der Waals surface area contributed by atoms with Crippen LogP contribution in [0.25, 0.3) is 0 Å². The molecule has 0 aliphatic rings. The number of alkyl halides is 1. The van der Waals surface area contributed by atoms with Gasteiger partial charge in [-0.05, 0) is 52.4 Å². The van der Waals surface area contributed by atoms with Gasteiger partial charge in [0.1, 0.15) is 6.10 Å². The highest BCUT2D eigenvalue weighted by molar-refractivity contribution is 9.09. The Bertz CT molecular complexity index is 368. The number of rotatable bonds is 22. The van der Waals surface area contributed by atoms with Gasteiger partial charge in [-0.3, -0.25) is 0 Å². The van der Waals surface area contributed by atoms with Crippen molar-refractivity contribution in [2.45, 2.75) is 149 Å². The fourth-order valence-electron chi connectivity index (χ4n) is 3.62. The standard InChI is InChI=1S/C26H51BrO3/c1-5-7-9-11-13-16-20-24(21-17-14-12-10-8-6-2)30-25(28)26(3,4)29-23-19-15-18-22-27/h24H,5-23H2,1-4H3. The zero-order chi connectivity index (χ0) is 22.5. The normalized spacial score (nSPS) is 11.9. The highest BCUT2D eigenvalue weighted by atomic mass is 79.9. The summed E-state index contributed by atoms with van der Waals surface area (Å²) in [5.41, 5.74) is -0.852. The largest absolute Gasteiger partial charge is 0.460 e. The van der Waals surface area contributed by atoms with Gasteiger partial charge in [-0.15, -0.1) is 0 Å². The van der Waals surface area contributed by atoms with E-state index in [1.165, 1.54) is 64.2 Å². The number of ether oxygens (including phenoxy) is 2. The van der Waals surface area contributed by atoms with E-state index in [1.807, 2.05) is 13.8 Å². The fourth-order valence-corrected chi connectivity index (χ4v) is 4.02. The van der Waals surface area contributed by atoms with Crippen LogP contribution in [0.4, 0.5) is 0 Å². The molecule has 0 heterocycles. The molecular formula is C26H51BrO3. The molecule has 0 bridgehead atoms. The Kier molecular flexibility index (Phi) is 20.7. The summed E-state index contributed by atoms with van der Waals surface area (Å²) in [5, 5.41) is 1.02. The van der Waals surface area contributed by atoms with Crippen molar-refractivity contribution in [1.82, 2.24) is 0 Å². The van der Waals surface area contributed by atoms with Crippen LogP contribution in [0.5, 0.6) is 0 Å². The Morgan fingerprint density at radius 2 is 1.20 bits per heavy atom. The molecule has 0 aliphatic carbocycles. The molecule has 0 aromatic carbocycles. The Hall–Kier alpha value is -0.0900. The molecule has 0 aromatic rings. The minimum absolute atomic E-state index is 0.0473. The first-order valence-electron chi connectivity index (χ1n) is 12.9. The van der Waals surface area contributed by atoms with Gasteiger partial charge in [-0.2, -0.15) is 0 Å². The van der Waals surface area contributed by atoms with Crippen LogP contribution in [0.3, 0.4) is 0 Å². The molecule has 0 aromatic heterocycles. The van der Waals surface area contributed by atoms with E-state index in [4.69, 9.17) is 9.47 Å². The molecule has 0 aliphatic heterocycles. The van der Waals surface area contributed by atoms with Crippen molar-refractivity contribution in [3.05, 3.63) is 0 Å². The molecule has 180 valence electrons. The Morgan fingerprint density at radius 3 is 1.70 bits per heavy atom. The number of halogens is 1. The van der Waals surface area contributed by atoms with Crippen LogP contribution >= 0.6 is 15.9 Å². The third kappa shape index (κ3) is 17.6. The molecule has 0 amide bonds. The quantitative estimate of drug-likeness (QED) is 0.0863. The van der Waals surface area contributed by atoms with Gasteiger partial charge in [0.05, 0.1) is 0 Å². The van der Waals surface area contributed by atoms with Crippen molar-refractivity contribution in [2.24, 2.45) is 0 Å². The predicted octanol–water partition coefficient (Wildman–Crippen LogP) is 8.76. The molecule has 4 heteroatoms. The van der Waals surface area contributed by atoms with Gasteiger partial charge in [-0.1, -0.05) is 100 Å². The fraction of sp³-hybridized carbons (Fsp3) is 0.962. The molecule has 30 heavy (non-hydrogen) atoms. The van der Waals surface area contributed by atoms with E-state index in [9.17, 15) is 4.79 Å². The molecule has 0 unspecified atom stereocenters. The van der Waals surface area contributed by atoms with Gasteiger partial charge in [-0.25, -0.2) is 4.79 Å². The third-order valence-corrected chi connectivity index (χ3v) is 6.33. The van der Waals surface area contributed by atoms with Crippen LogP contribution in [-0.2, 0) is 14.3 Å². The average molecular weight is 492 g/mol. The molecular weight excluding hydrogens is 440 g/mol. The van der Waals surface area contributed by atoms with Crippen molar-refractivity contribution in [3.63, 3.8) is 0 Å². The van der Waals surface area contributed by atoms with Crippen molar-refractivity contribution < 1.29 is 14.3 Å². The van der Waals surface area contributed by atoms with E-state index in [0.717, 1.165) is 50.3 Å². The van der Waals surface area contributed by atoms with Crippen LogP contribution in [0.1, 0.15) is 137 Å². The Morgan fingerprint density at radius 1 is 0.733 bits per heavy atom. The molecule has 0 atom stereocenters. The van der Waals surface area contributed by atoms with Gasteiger partial charge in [0.25, 0.3) is 0 Å². The lowest BCUT2D eigenvalue weighted by molar-refractivity contribution is -0.174. The molecule has 0 N–H and O–H groups in total. The van der Waals surface area contributed by atoms with E-state index in [2.05, 4.69) is 29.8 Å². The maximum Gasteiger partial charge on any atom is 0.338 e. The number of carbonyl (C=O) groups excluding carboxylic acids is 1. The summed E-state index contributed by atoms with van der Waals surface area (Å²) >= 11 is 3.45. The highest BCUT2D eigenvalue weighted by Crippen LogP contribution is 2.21. The molecule has 0 spiro atoms. The summed E-state index contributed by atoms with van der Waals surface area (Å²) in [5.74, 6) is -0.190. The lowest BCUT2D eigenvalue weighted by atomic mass is 10.0. The minimum atomic E-state index is -0.852. The maximum absolute atomic E-state index is 12.8. The van der Waals surface area contributed by atoms with Crippen LogP contribution in [0.2, 0.25) is 0 Å². The summed E-state index contributed by atoms with van der Waals surface area (Å²) in [6, 6.07) is 0. The molecule has 0 fully saturated rings. The predicted molar refractivity (Wildman–Crippen MR) is 134 cm³/mol. The van der Waals surface area contributed by atoms with Crippen LogP contribution in [0.15, 0.2) is 0 Å². The second kappa shape index (κ2) is 20.8. The second-order valence-corrected chi connectivity index (χ2v) is 10.0. The van der Waals surface area contributed by atoms with Gasteiger partial charge < -0.3 is 9.47 Å². The van der Waals surface area contributed by atoms with Crippen molar-refractivity contribution in [1.29, 1.82) is 0 Å². The van der Waals surface area contributed by atoms with E-state index in [1.54, 1.807) is 0 Å². The molecule has 0 saturated heterocycles. The molecule has 3 nitrogen and oxygen atoms in total. The number of hydrogen-bond acceptors (Lipinski definition) is 3. The van der Waals surface area contributed by atoms with Crippen molar-refractivity contribution in [2.75, 3.05) is 11.9 Å². The number of carbonyl (C=O) groups is 1. The molecule has 0 rings (SSSR count). The topological polar surface area (TPSA) is 35.5 Å². The summed E-state index contributed by atoms with van der Waals surface area (Å²) in [4.78, 5) is 12.8. The van der Waals surface area contributed by atoms with Gasteiger partial charge in [0.2, 0.25) is 0 Å². The zero-order valence-electron chi connectivity index (χ0n) is 20.6. The smallest absolute Gasteiger partial charge is 0.338 e. The van der Waals surface area contributed by atoms with E-state index in [-0.39, 0.29) is 12.1 Å². The highest BCUT2D eigenvalue weighted by Gasteiger charge is 2.32. The van der Waals surface area contributed by atoms with E-state index < -0.39 is 5.60 Å². The number of hydrogen-bond donors (Lipinski definition) is 0. The molecule has 0 radical (unpaired) electrons. The first-order valence-corrected chi connectivity index (χ1v) is 14.0. The monoisotopic (exact) mass is 490 g/mol. The SMILES string of the molecule is CCCCCCCCC(CCCCCCCC)OC(=O)C(C)(C)OCCCCCBr. The van der Waals surface area contributed by atoms with E-state index in [0.29, 0.717) is 6.61 Å². The van der Waals surface area contributed by atoms with Crippen LogP contribution < -0.4 is 0 Å². The van der Waals surface area contributed by atoms with Crippen molar-refractivity contribution >= 4 is 21.9 Å². The maximum atomic E-state index is 12.8. The second-order valence-electron chi connectivity index (χ2n) is 9.25. The number of unbranched alkanes of at least 4 members (excludes halogenated alkanes) is 12. The van der Waals surface area contributed by atoms with Crippen LogP contribution in [-0.4, -0.2) is 29.6 Å². The van der Waals surface area contributed by atoms with E-state index >= 15 is 0 Å².